The first-order valence-electron chi connectivity index (χ1n) is 12.9. The van der Waals surface area contributed by atoms with E-state index >= 15 is 0 Å². The van der Waals surface area contributed by atoms with Crippen LogP contribution in [0.2, 0.25) is 0 Å². The molecule has 0 spiro atoms. The van der Waals surface area contributed by atoms with Crippen LogP contribution in [0.1, 0.15) is 63.5 Å². The van der Waals surface area contributed by atoms with E-state index in [1.54, 1.807) is 15.6 Å². The number of amides is 2. The number of phenols is 1. The third-order valence-electron chi connectivity index (χ3n) is 7.75. The molecule has 3 aromatic rings. The minimum absolute atomic E-state index is 0.102. The molecule has 0 saturated heterocycles. The highest BCUT2D eigenvalue weighted by Crippen LogP contribution is 2.43. The van der Waals surface area contributed by atoms with E-state index in [1.165, 1.54) is 11.0 Å². The standard InChI is InChI=1S/C27H26F3N7O3/c1-2-23(39)35-9-7-17-24-19(37(34-17)18-6-5-15(11-21(18)38)14-3-4-14)8-10-36(20(24)13-35)26(40)25-16(31)12-22(32-33-25)27(28,29)30/h2,5-6,11-12,14,20,38H,1,3-4,7-10,13H2,(H2,31,32)/t20-/m0/s1. The number of rotatable bonds is 4. The third kappa shape index (κ3) is 4.34. The molecule has 208 valence electrons. The van der Waals surface area contributed by atoms with Crippen molar-refractivity contribution in [2.45, 2.75) is 43.8 Å². The largest absolute Gasteiger partial charge is 0.506 e. The maximum Gasteiger partial charge on any atom is 0.435 e. The fourth-order valence-electron chi connectivity index (χ4n) is 5.60. The van der Waals surface area contributed by atoms with Crippen molar-refractivity contribution in [1.82, 2.24) is 29.8 Å². The van der Waals surface area contributed by atoms with Gasteiger partial charge in [-0.05, 0) is 48.6 Å². The summed E-state index contributed by atoms with van der Waals surface area (Å²) in [6.07, 6.45) is -0.632. The van der Waals surface area contributed by atoms with Crippen molar-refractivity contribution in [1.29, 1.82) is 0 Å². The number of carbonyl (C=O) groups is 2. The van der Waals surface area contributed by atoms with Gasteiger partial charge < -0.3 is 20.6 Å². The lowest BCUT2D eigenvalue weighted by Crippen LogP contribution is -2.46. The lowest BCUT2D eigenvalue weighted by atomic mass is 9.95. The summed E-state index contributed by atoms with van der Waals surface area (Å²) in [5.41, 5.74) is 7.49. The topological polar surface area (TPSA) is 130 Å². The van der Waals surface area contributed by atoms with Crippen molar-refractivity contribution in [2.75, 3.05) is 25.4 Å². The van der Waals surface area contributed by atoms with Crippen LogP contribution in [-0.4, -0.2) is 66.3 Å². The van der Waals surface area contributed by atoms with Crippen LogP contribution in [0.3, 0.4) is 0 Å². The van der Waals surface area contributed by atoms with Crippen LogP contribution < -0.4 is 5.73 Å². The Morgan fingerprint density at radius 3 is 2.55 bits per heavy atom. The minimum Gasteiger partial charge on any atom is -0.506 e. The normalized spacial score (nSPS) is 18.7. The molecule has 2 aromatic heterocycles. The number of benzene rings is 1. The Kier molecular flexibility index (Phi) is 6.04. The van der Waals surface area contributed by atoms with Crippen molar-refractivity contribution in [3.05, 3.63) is 70.8 Å². The minimum atomic E-state index is -4.76. The average molecular weight is 554 g/mol. The van der Waals surface area contributed by atoms with Gasteiger partial charge in [-0.3, -0.25) is 9.59 Å². The van der Waals surface area contributed by atoms with E-state index in [1.807, 2.05) is 12.1 Å². The van der Waals surface area contributed by atoms with Crippen LogP contribution >= 0.6 is 0 Å². The average Bonchev–Trinajstić information content (AvgIpc) is 3.73. The number of hydrogen-bond acceptors (Lipinski definition) is 7. The molecule has 10 nitrogen and oxygen atoms in total. The van der Waals surface area contributed by atoms with Gasteiger partial charge >= 0.3 is 6.18 Å². The molecule has 0 bridgehead atoms. The van der Waals surface area contributed by atoms with Crippen molar-refractivity contribution in [3.8, 4) is 11.4 Å². The predicted octanol–water partition coefficient (Wildman–Crippen LogP) is 3.16. The Morgan fingerprint density at radius 2 is 1.90 bits per heavy atom. The van der Waals surface area contributed by atoms with Crippen molar-refractivity contribution in [2.24, 2.45) is 0 Å². The van der Waals surface area contributed by atoms with E-state index in [-0.39, 0.29) is 24.7 Å². The number of carbonyl (C=O) groups excluding carboxylic acids is 2. The number of phenolic OH excluding ortho intramolecular Hbond substituents is 1. The van der Waals surface area contributed by atoms with Crippen molar-refractivity contribution >= 4 is 17.5 Å². The molecular formula is C27H26F3N7O3. The molecule has 0 radical (unpaired) electrons. The van der Waals surface area contributed by atoms with E-state index in [9.17, 15) is 27.9 Å². The molecule has 1 atom stereocenters. The summed E-state index contributed by atoms with van der Waals surface area (Å²) in [7, 11) is 0. The number of aromatic hydroxyl groups is 1. The predicted molar refractivity (Wildman–Crippen MR) is 137 cm³/mol. The van der Waals surface area contributed by atoms with Crippen LogP contribution in [0.4, 0.5) is 18.9 Å². The maximum atomic E-state index is 13.7. The van der Waals surface area contributed by atoms with E-state index in [0.29, 0.717) is 42.8 Å². The fourth-order valence-corrected chi connectivity index (χ4v) is 5.60. The lowest BCUT2D eigenvalue weighted by Gasteiger charge is -2.37. The van der Waals surface area contributed by atoms with Gasteiger partial charge in [0.1, 0.15) is 11.4 Å². The summed E-state index contributed by atoms with van der Waals surface area (Å²) in [5.74, 6) is -0.451. The number of aromatic nitrogens is 4. The van der Waals surface area contributed by atoms with Crippen LogP contribution in [0, 0.1) is 0 Å². The molecule has 2 aliphatic heterocycles. The SMILES string of the molecule is C=CC(=O)N1CCc2nn(-c3ccc(C4CC4)cc3O)c3c2[C@H](C1)N(C(=O)c1nnc(C(F)(F)F)cc1N)CC3. The first-order chi connectivity index (χ1) is 19.1. The molecule has 3 aliphatic rings. The smallest absolute Gasteiger partial charge is 0.435 e. The number of hydrogen-bond donors (Lipinski definition) is 2. The Balaban J connectivity index is 1.41. The van der Waals surface area contributed by atoms with Crippen LogP contribution in [0.25, 0.3) is 5.69 Å². The summed E-state index contributed by atoms with van der Waals surface area (Å²) in [6, 6.07) is 5.50. The molecule has 6 rings (SSSR count). The Hall–Kier alpha value is -4.42. The second-order valence-corrected chi connectivity index (χ2v) is 10.3. The molecular weight excluding hydrogens is 527 g/mol. The van der Waals surface area contributed by atoms with Gasteiger partial charge in [0.05, 0.1) is 23.1 Å². The fraction of sp³-hybridized carbons (Fsp3) is 0.370. The van der Waals surface area contributed by atoms with Crippen molar-refractivity contribution < 1.29 is 27.9 Å². The van der Waals surface area contributed by atoms with Gasteiger partial charge in [-0.1, -0.05) is 12.6 Å². The second kappa shape index (κ2) is 9.35. The van der Waals surface area contributed by atoms with Crippen LogP contribution in [0.15, 0.2) is 36.9 Å². The van der Waals surface area contributed by atoms with E-state index in [4.69, 9.17) is 10.8 Å². The number of alkyl halides is 3. The summed E-state index contributed by atoms with van der Waals surface area (Å²) < 4.78 is 41.0. The number of anilines is 1. The van der Waals surface area contributed by atoms with Crippen molar-refractivity contribution in [3.63, 3.8) is 0 Å². The first kappa shape index (κ1) is 25.8. The quantitative estimate of drug-likeness (QED) is 0.475. The molecule has 13 heteroatoms. The van der Waals surface area contributed by atoms with Gasteiger partial charge in [0.15, 0.2) is 11.4 Å². The first-order valence-corrected chi connectivity index (χ1v) is 12.9. The zero-order valence-electron chi connectivity index (χ0n) is 21.4. The number of nitrogen functional groups attached to an aromatic ring is 1. The highest BCUT2D eigenvalue weighted by Gasteiger charge is 2.42. The molecule has 1 fully saturated rings. The lowest BCUT2D eigenvalue weighted by molar-refractivity contribution is -0.141. The Labute approximate surface area is 226 Å². The van der Waals surface area contributed by atoms with Gasteiger partial charge in [0.2, 0.25) is 5.91 Å². The molecule has 1 saturated carbocycles. The van der Waals surface area contributed by atoms with Gasteiger partial charge in [0, 0.05) is 38.0 Å². The Bertz CT molecular complexity index is 1550. The number of nitrogens with two attached hydrogens (primary N) is 1. The molecule has 2 amide bonds. The molecule has 40 heavy (non-hydrogen) atoms. The molecule has 4 heterocycles. The molecule has 1 aromatic carbocycles. The van der Waals surface area contributed by atoms with Gasteiger partial charge in [-0.2, -0.15) is 18.3 Å². The van der Waals surface area contributed by atoms with E-state index < -0.39 is 35.2 Å². The summed E-state index contributed by atoms with van der Waals surface area (Å²) in [5, 5.41) is 22.4. The van der Waals surface area contributed by atoms with E-state index in [2.05, 4.69) is 16.8 Å². The maximum absolute atomic E-state index is 13.7. The highest BCUT2D eigenvalue weighted by atomic mass is 19.4. The number of nitrogens with zero attached hydrogens (tertiary/aromatic N) is 6. The zero-order valence-corrected chi connectivity index (χ0v) is 21.4. The molecule has 0 unspecified atom stereocenters. The summed E-state index contributed by atoms with van der Waals surface area (Å²) >= 11 is 0. The van der Waals surface area contributed by atoms with E-state index in [0.717, 1.165) is 29.7 Å². The van der Waals surface area contributed by atoms with Gasteiger partial charge in [-0.15, -0.1) is 10.2 Å². The molecule has 3 N–H and O–H groups in total. The zero-order chi connectivity index (χ0) is 28.3. The summed E-state index contributed by atoms with van der Waals surface area (Å²) in [6.45, 7) is 4.16. The van der Waals surface area contributed by atoms with Gasteiger partial charge in [-0.25, -0.2) is 4.68 Å². The van der Waals surface area contributed by atoms with Crippen LogP contribution in [0.5, 0.6) is 5.75 Å². The molecule has 1 aliphatic carbocycles. The third-order valence-corrected chi connectivity index (χ3v) is 7.75. The number of halogens is 3. The monoisotopic (exact) mass is 553 g/mol. The highest BCUT2D eigenvalue weighted by molar-refractivity contribution is 5.97. The Morgan fingerprint density at radius 1 is 1.12 bits per heavy atom. The van der Waals surface area contributed by atoms with Crippen LogP contribution in [-0.2, 0) is 23.8 Å². The van der Waals surface area contributed by atoms with Gasteiger partial charge in [0.25, 0.3) is 5.91 Å². The second-order valence-electron chi connectivity index (χ2n) is 10.3. The summed E-state index contributed by atoms with van der Waals surface area (Å²) in [4.78, 5) is 29.3.